The Morgan fingerprint density at radius 2 is 1.63 bits per heavy atom. The Kier molecular flexibility index (Phi) is 11.1. The number of anilines is 2. The van der Waals surface area contributed by atoms with Crippen LogP contribution in [-0.4, -0.2) is 43.0 Å². The van der Waals surface area contributed by atoms with Crippen LogP contribution in [0, 0.1) is 13.8 Å². The summed E-state index contributed by atoms with van der Waals surface area (Å²) in [6.07, 6.45) is 1.46. The van der Waals surface area contributed by atoms with Crippen molar-refractivity contribution in [2.75, 3.05) is 17.3 Å². The minimum absolute atomic E-state index is 0.0351. The lowest BCUT2D eigenvalue weighted by Gasteiger charge is -2.19. The highest BCUT2D eigenvalue weighted by atomic mass is 16.3. The first-order valence-electron chi connectivity index (χ1n) is 12.0. The van der Waals surface area contributed by atoms with E-state index in [-0.39, 0.29) is 17.8 Å². The van der Waals surface area contributed by atoms with E-state index >= 15 is 0 Å². The van der Waals surface area contributed by atoms with E-state index in [4.69, 9.17) is 9.90 Å². The minimum atomic E-state index is -0.250. The largest absolute Gasteiger partial charge is 0.483 e. The van der Waals surface area contributed by atoms with E-state index in [0.717, 1.165) is 16.8 Å². The molecule has 3 rings (SSSR count). The molecule has 0 saturated carbocycles. The molecule has 0 aliphatic rings. The number of amides is 1. The lowest BCUT2D eigenvalue weighted by molar-refractivity contribution is -0.122. The van der Waals surface area contributed by atoms with E-state index in [1.54, 1.807) is 0 Å². The molecule has 0 aliphatic heterocycles. The predicted molar refractivity (Wildman–Crippen MR) is 157 cm³/mol. The van der Waals surface area contributed by atoms with E-state index in [0.29, 0.717) is 23.8 Å². The Morgan fingerprint density at radius 3 is 2.21 bits per heavy atom. The van der Waals surface area contributed by atoms with Crippen molar-refractivity contribution < 1.29 is 14.7 Å². The number of rotatable bonds is 7. The molecule has 0 spiro atoms. The first-order chi connectivity index (χ1) is 18.1. The summed E-state index contributed by atoms with van der Waals surface area (Å²) >= 11 is 0. The summed E-state index contributed by atoms with van der Waals surface area (Å²) in [6, 6.07) is 21.4. The highest BCUT2D eigenvalue weighted by Crippen LogP contribution is 2.24. The van der Waals surface area contributed by atoms with Crippen molar-refractivity contribution >= 4 is 42.6 Å². The van der Waals surface area contributed by atoms with E-state index in [9.17, 15) is 4.79 Å². The maximum Gasteiger partial charge on any atom is 0.290 e. The van der Waals surface area contributed by atoms with Gasteiger partial charge in [-0.2, -0.15) is 0 Å². The van der Waals surface area contributed by atoms with Crippen LogP contribution in [0.15, 0.2) is 81.7 Å². The summed E-state index contributed by atoms with van der Waals surface area (Å²) in [7, 11) is 0. The molecule has 0 aliphatic carbocycles. The number of amidine groups is 1. The number of benzene rings is 3. The second kappa shape index (κ2) is 14.2. The number of hydrogen-bond acceptors (Lipinski definition) is 4. The molecule has 0 atom stereocenters. The van der Waals surface area contributed by atoms with E-state index in [1.165, 1.54) is 17.5 Å². The third-order valence-electron chi connectivity index (χ3n) is 5.67. The Labute approximate surface area is 224 Å². The molecular weight excluding hydrogens is 478 g/mol. The second-order valence-electron chi connectivity index (χ2n) is 9.47. The molecule has 0 unspecified atom stereocenters. The van der Waals surface area contributed by atoms with Gasteiger partial charge in [-0.05, 0) is 67.4 Å². The molecule has 0 fully saturated rings. The van der Waals surface area contributed by atoms with Crippen LogP contribution in [0.5, 0.6) is 0 Å². The number of aryl methyl sites for hydroxylation is 1. The topological polar surface area (TPSA) is 116 Å². The van der Waals surface area contributed by atoms with E-state index in [1.807, 2.05) is 80.6 Å². The SMILES string of the molecule is C=NC(=N/C=N\CNc1ccc(C)cc1)c1cccc(NC(=O)c2ccc(C(C)(C)C)cc2)c1C.O=CO. The number of carbonyl (C=O) groups excluding carboxylic acids is 1. The molecule has 0 radical (unpaired) electrons. The highest BCUT2D eigenvalue weighted by Gasteiger charge is 2.15. The van der Waals surface area contributed by atoms with Crippen molar-refractivity contribution in [2.45, 2.75) is 40.0 Å². The van der Waals surface area contributed by atoms with Crippen LogP contribution in [0.2, 0.25) is 0 Å². The molecule has 3 N–H and O–H groups in total. The summed E-state index contributed by atoms with van der Waals surface area (Å²) in [5, 5.41) is 13.1. The smallest absolute Gasteiger partial charge is 0.290 e. The molecule has 8 heteroatoms. The average molecular weight is 514 g/mol. The predicted octanol–water partition coefficient (Wildman–Crippen LogP) is 6.10. The zero-order valence-electron chi connectivity index (χ0n) is 22.5. The van der Waals surface area contributed by atoms with Gasteiger partial charge in [0.25, 0.3) is 12.4 Å². The first-order valence-corrected chi connectivity index (χ1v) is 12.0. The fourth-order valence-corrected chi connectivity index (χ4v) is 3.47. The van der Waals surface area contributed by atoms with Gasteiger partial charge in [0.1, 0.15) is 13.0 Å². The summed E-state index contributed by atoms with van der Waals surface area (Å²) in [5.41, 5.74) is 6.34. The van der Waals surface area contributed by atoms with Crippen molar-refractivity contribution in [3.8, 4) is 0 Å². The van der Waals surface area contributed by atoms with Crippen LogP contribution in [0.4, 0.5) is 11.4 Å². The van der Waals surface area contributed by atoms with Gasteiger partial charge in [-0.3, -0.25) is 14.6 Å². The van der Waals surface area contributed by atoms with Crippen molar-refractivity contribution in [3.63, 3.8) is 0 Å². The van der Waals surface area contributed by atoms with E-state index in [2.05, 4.69) is 53.1 Å². The molecule has 0 bridgehead atoms. The van der Waals surface area contributed by atoms with Gasteiger partial charge in [-0.15, -0.1) is 0 Å². The maximum atomic E-state index is 12.9. The third kappa shape index (κ3) is 8.81. The van der Waals surface area contributed by atoms with Crippen molar-refractivity contribution in [2.24, 2.45) is 15.0 Å². The molecule has 0 saturated heterocycles. The monoisotopic (exact) mass is 513 g/mol. The molecule has 0 aromatic heterocycles. The van der Waals surface area contributed by atoms with Crippen molar-refractivity contribution in [3.05, 3.63) is 94.5 Å². The summed E-state index contributed by atoms with van der Waals surface area (Å²) in [4.78, 5) is 33.9. The summed E-state index contributed by atoms with van der Waals surface area (Å²) in [5.74, 6) is 0.270. The molecule has 38 heavy (non-hydrogen) atoms. The van der Waals surface area contributed by atoms with Crippen LogP contribution >= 0.6 is 0 Å². The average Bonchev–Trinajstić information content (AvgIpc) is 2.89. The molecule has 3 aromatic rings. The van der Waals surface area contributed by atoms with Gasteiger partial charge >= 0.3 is 0 Å². The fourth-order valence-electron chi connectivity index (χ4n) is 3.47. The lowest BCUT2D eigenvalue weighted by atomic mass is 9.86. The lowest BCUT2D eigenvalue weighted by Crippen LogP contribution is -2.15. The second-order valence-corrected chi connectivity index (χ2v) is 9.47. The van der Waals surface area contributed by atoms with Gasteiger partial charge in [0.15, 0.2) is 5.84 Å². The fraction of sp³-hybridized carbons (Fsp3) is 0.233. The Balaban J connectivity index is 0.00000161. The van der Waals surface area contributed by atoms with Crippen LogP contribution in [0.3, 0.4) is 0 Å². The molecule has 8 nitrogen and oxygen atoms in total. The zero-order chi connectivity index (χ0) is 28.1. The van der Waals surface area contributed by atoms with Crippen LogP contribution in [-0.2, 0) is 10.2 Å². The van der Waals surface area contributed by atoms with Gasteiger partial charge in [0, 0.05) is 22.5 Å². The number of carboxylic acid groups (broad SMARTS) is 1. The van der Waals surface area contributed by atoms with Gasteiger partial charge < -0.3 is 15.7 Å². The number of nitrogens with one attached hydrogen (secondary N) is 2. The van der Waals surface area contributed by atoms with Crippen LogP contribution < -0.4 is 10.6 Å². The van der Waals surface area contributed by atoms with Gasteiger partial charge in [0.05, 0.1) is 0 Å². The Morgan fingerprint density at radius 1 is 1.00 bits per heavy atom. The number of aliphatic imine (C=N–C) groups is 3. The van der Waals surface area contributed by atoms with Crippen LogP contribution in [0.25, 0.3) is 0 Å². The Hall–Kier alpha value is -4.59. The quantitative estimate of drug-likeness (QED) is 0.201. The highest BCUT2D eigenvalue weighted by molar-refractivity contribution is 6.09. The Bertz CT molecular complexity index is 1290. The molecule has 0 heterocycles. The van der Waals surface area contributed by atoms with Gasteiger partial charge in [-0.25, -0.2) is 9.98 Å². The summed E-state index contributed by atoms with van der Waals surface area (Å²) < 4.78 is 0. The molecule has 3 aromatic carbocycles. The summed E-state index contributed by atoms with van der Waals surface area (Å²) in [6.45, 7) is 14.2. The normalized spacial score (nSPS) is 11.3. The van der Waals surface area contributed by atoms with Gasteiger partial charge in [-0.1, -0.05) is 62.7 Å². The van der Waals surface area contributed by atoms with Crippen molar-refractivity contribution in [1.82, 2.24) is 0 Å². The standard InChI is InChI=1S/C29H33N5O.CH2O2/c1-20-10-16-24(17-11-20)32-18-31-19-33-27(30-6)25-8-7-9-26(21(25)2)34-28(35)22-12-14-23(15-13-22)29(3,4)5;2-1-3/h7-17,19,32H,6,18H2,1-5H3,(H,34,35);1H,(H,2,3)/b31-19-,33-27?;. The molecular formula is C30H35N5O3. The van der Waals surface area contributed by atoms with E-state index < -0.39 is 0 Å². The first kappa shape index (κ1) is 29.6. The number of nitrogens with zero attached hydrogens (tertiary/aromatic N) is 3. The zero-order valence-corrected chi connectivity index (χ0v) is 22.5. The number of hydrogen-bond donors (Lipinski definition) is 3. The van der Waals surface area contributed by atoms with Crippen molar-refractivity contribution in [1.29, 1.82) is 0 Å². The minimum Gasteiger partial charge on any atom is -0.483 e. The van der Waals surface area contributed by atoms with Gasteiger partial charge in [0.2, 0.25) is 0 Å². The maximum absolute atomic E-state index is 12.9. The molecule has 198 valence electrons. The van der Waals surface area contributed by atoms with Crippen LogP contribution in [0.1, 0.15) is 53.4 Å². The molecule has 1 amide bonds. The third-order valence-corrected chi connectivity index (χ3v) is 5.67. The number of carbonyl (C=O) groups is 2.